The standard InChI is InChI=1S/C15H19N3O2/c1-10-4-3-5-13-14(10)15(17-9-16-13)18-6-11(2)20-12(7-18)8-19/h3-5,9,11-12,19H,6-8H2,1-2H3. The summed E-state index contributed by atoms with van der Waals surface area (Å²) < 4.78 is 5.69. The lowest BCUT2D eigenvalue weighted by molar-refractivity contribution is -0.0422. The van der Waals surface area contributed by atoms with Gasteiger partial charge in [0.25, 0.3) is 0 Å². The van der Waals surface area contributed by atoms with Crippen LogP contribution in [0.1, 0.15) is 12.5 Å². The Morgan fingerprint density at radius 2 is 2.20 bits per heavy atom. The summed E-state index contributed by atoms with van der Waals surface area (Å²) in [5, 5.41) is 10.4. The lowest BCUT2D eigenvalue weighted by Gasteiger charge is -2.37. The Morgan fingerprint density at radius 3 is 3.00 bits per heavy atom. The molecule has 1 fully saturated rings. The van der Waals surface area contributed by atoms with Gasteiger partial charge in [0.1, 0.15) is 12.1 Å². The maximum Gasteiger partial charge on any atom is 0.140 e. The fraction of sp³-hybridized carbons (Fsp3) is 0.467. The van der Waals surface area contributed by atoms with Crippen molar-refractivity contribution in [1.29, 1.82) is 0 Å². The van der Waals surface area contributed by atoms with E-state index in [0.29, 0.717) is 6.54 Å². The minimum absolute atomic E-state index is 0.0306. The van der Waals surface area contributed by atoms with Crippen LogP contribution in [-0.4, -0.2) is 47.0 Å². The van der Waals surface area contributed by atoms with Crippen molar-refractivity contribution < 1.29 is 9.84 Å². The van der Waals surface area contributed by atoms with Crippen molar-refractivity contribution in [3.63, 3.8) is 0 Å². The number of aryl methyl sites for hydroxylation is 1. The first-order valence-corrected chi connectivity index (χ1v) is 6.90. The van der Waals surface area contributed by atoms with Gasteiger partial charge in [0.05, 0.1) is 24.3 Å². The van der Waals surface area contributed by atoms with Gasteiger partial charge in [-0.3, -0.25) is 0 Å². The van der Waals surface area contributed by atoms with Gasteiger partial charge in [0, 0.05) is 18.5 Å². The summed E-state index contributed by atoms with van der Waals surface area (Å²) in [5.41, 5.74) is 2.12. The number of aromatic nitrogens is 2. The largest absolute Gasteiger partial charge is 0.394 e. The van der Waals surface area contributed by atoms with Gasteiger partial charge in [-0.25, -0.2) is 9.97 Å². The third-order valence-electron chi connectivity index (χ3n) is 3.68. The van der Waals surface area contributed by atoms with Crippen molar-refractivity contribution in [3.8, 4) is 0 Å². The van der Waals surface area contributed by atoms with Crippen LogP contribution < -0.4 is 4.90 Å². The summed E-state index contributed by atoms with van der Waals surface area (Å²) in [6, 6.07) is 6.08. The first-order valence-electron chi connectivity index (χ1n) is 6.90. The number of aliphatic hydroxyl groups excluding tert-OH is 1. The highest BCUT2D eigenvalue weighted by atomic mass is 16.5. The summed E-state index contributed by atoms with van der Waals surface area (Å²) in [6.45, 7) is 5.55. The molecule has 0 aliphatic carbocycles. The second-order valence-electron chi connectivity index (χ2n) is 5.32. The number of nitrogens with zero attached hydrogens (tertiary/aromatic N) is 3. The third kappa shape index (κ3) is 2.34. The zero-order valence-corrected chi connectivity index (χ0v) is 11.8. The minimum atomic E-state index is -0.159. The molecular weight excluding hydrogens is 254 g/mol. The fourth-order valence-electron chi connectivity index (χ4n) is 2.82. The molecule has 1 aliphatic rings. The molecule has 1 saturated heterocycles. The Kier molecular flexibility index (Phi) is 3.54. The average molecular weight is 273 g/mol. The fourth-order valence-corrected chi connectivity index (χ4v) is 2.82. The molecule has 1 aliphatic heterocycles. The summed E-state index contributed by atoms with van der Waals surface area (Å²) in [4.78, 5) is 11.0. The van der Waals surface area contributed by atoms with E-state index in [2.05, 4.69) is 27.9 Å². The number of hydrogen-bond acceptors (Lipinski definition) is 5. The molecule has 1 N–H and O–H groups in total. The van der Waals surface area contributed by atoms with Crippen LogP contribution in [0.15, 0.2) is 24.5 Å². The van der Waals surface area contributed by atoms with Crippen LogP contribution in [0.25, 0.3) is 10.9 Å². The highest BCUT2D eigenvalue weighted by Crippen LogP contribution is 2.28. The molecule has 5 heteroatoms. The molecule has 0 spiro atoms. The average Bonchev–Trinajstić information content (AvgIpc) is 2.46. The van der Waals surface area contributed by atoms with Crippen molar-refractivity contribution >= 4 is 16.7 Å². The molecule has 20 heavy (non-hydrogen) atoms. The number of fused-ring (bicyclic) bond motifs is 1. The molecule has 2 heterocycles. The van der Waals surface area contributed by atoms with Gasteiger partial charge in [-0.05, 0) is 25.5 Å². The molecule has 0 saturated carbocycles. The maximum absolute atomic E-state index is 9.36. The highest BCUT2D eigenvalue weighted by Gasteiger charge is 2.27. The predicted molar refractivity (Wildman–Crippen MR) is 77.9 cm³/mol. The Hall–Kier alpha value is -1.72. The normalized spacial score (nSPS) is 23.2. The molecule has 1 aromatic heterocycles. The molecular formula is C15H19N3O2. The minimum Gasteiger partial charge on any atom is -0.394 e. The van der Waals surface area contributed by atoms with Gasteiger partial charge in [-0.15, -0.1) is 0 Å². The second-order valence-corrected chi connectivity index (χ2v) is 5.32. The monoisotopic (exact) mass is 273 g/mol. The Labute approximate surface area is 118 Å². The summed E-state index contributed by atoms with van der Waals surface area (Å²) in [7, 11) is 0. The van der Waals surface area contributed by atoms with Crippen LogP contribution in [0.3, 0.4) is 0 Å². The number of benzene rings is 1. The maximum atomic E-state index is 9.36. The van der Waals surface area contributed by atoms with Gasteiger partial charge >= 0.3 is 0 Å². The van der Waals surface area contributed by atoms with Gasteiger partial charge in [-0.2, -0.15) is 0 Å². The molecule has 0 bridgehead atoms. The van der Waals surface area contributed by atoms with E-state index in [9.17, 15) is 5.11 Å². The second kappa shape index (κ2) is 5.34. The first-order chi connectivity index (χ1) is 9.69. The molecule has 0 radical (unpaired) electrons. The molecule has 106 valence electrons. The predicted octanol–water partition coefficient (Wildman–Crippen LogP) is 1.52. The number of hydrogen-bond donors (Lipinski definition) is 1. The van der Waals surface area contributed by atoms with Crippen LogP contribution >= 0.6 is 0 Å². The molecule has 5 nitrogen and oxygen atoms in total. The lowest BCUT2D eigenvalue weighted by atomic mass is 10.1. The SMILES string of the molecule is Cc1cccc2ncnc(N3CC(C)OC(CO)C3)c12. The van der Waals surface area contributed by atoms with Crippen molar-refractivity contribution in [3.05, 3.63) is 30.1 Å². The summed E-state index contributed by atoms with van der Waals surface area (Å²) in [5.74, 6) is 0.932. The van der Waals surface area contributed by atoms with Crippen LogP contribution in [0.2, 0.25) is 0 Å². The quantitative estimate of drug-likeness (QED) is 0.899. The number of rotatable bonds is 2. The van der Waals surface area contributed by atoms with Gasteiger partial charge < -0.3 is 14.7 Å². The lowest BCUT2D eigenvalue weighted by Crippen LogP contribution is -2.48. The van der Waals surface area contributed by atoms with E-state index >= 15 is 0 Å². The number of anilines is 1. The number of ether oxygens (including phenoxy) is 1. The first kappa shape index (κ1) is 13.3. The molecule has 0 amide bonds. The van der Waals surface area contributed by atoms with E-state index in [1.54, 1.807) is 6.33 Å². The smallest absolute Gasteiger partial charge is 0.140 e. The van der Waals surface area contributed by atoms with E-state index in [1.165, 1.54) is 0 Å². The van der Waals surface area contributed by atoms with Crippen molar-refractivity contribution in [2.75, 3.05) is 24.6 Å². The van der Waals surface area contributed by atoms with E-state index < -0.39 is 0 Å². The van der Waals surface area contributed by atoms with Crippen LogP contribution in [-0.2, 0) is 4.74 Å². The zero-order valence-electron chi connectivity index (χ0n) is 11.8. The topological polar surface area (TPSA) is 58.5 Å². The third-order valence-corrected chi connectivity index (χ3v) is 3.68. The van der Waals surface area contributed by atoms with E-state index in [1.807, 2.05) is 19.1 Å². The Morgan fingerprint density at radius 1 is 1.35 bits per heavy atom. The molecule has 2 atom stereocenters. The van der Waals surface area contributed by atoms with Crippen LogP contribution in [0.5, 0.6) is 0 Å². The highest BCUT2D eigenvalue weighted by molar-refractivity contribution is 5.92. The molecule has 3 rings (SSSR count). The van der Waals surface area contributed by atoms with Crippen molar-refractivity contribution in [2.45, 2.75) is 26.1 Å². The number of morpholine rings is 1. The summed E-state index contributed by atoms with van der Waals surface area (Å²) in [6.07, 6.45) is 1.52. The van der Waals surface area contributed by atoms with Crippen LogP contribution in [0, 0.1) is 6.92 Å². The van der Waals surface area contributed by atoms with Crippen molar-refractivity contribution in [2.24, 2.45) is 0 Å². The van der Waals surface area contributed by atoms with Crippen molar-refractivity contribution in [1.82, 2.24) is 9.97 Å². The Balaban J connectivity index is 2.05. The number of aliphatic hydroxyl groups is 1. The van der Waals surface area contributed by atoms with E-state index in [4.69, 9.17) is 4.74 Å². The zero-order chi connectivity index (χ0) is 14.1. The van der Waals surface area contributed by atoms with E-state index in [0.717, 1.165) is 28.8 Å². The van der Waals surface area contributed by atoms with Gasteiger partial charge in [0.2, 0.25) is 0 Å². The molecule has 2 unspecified atom stereocenters. The van der Waals surface area contributed by atoms with Gasteiger partial charge in [0.15, 0.2) is 0 Å². The summed E-state index contributed by atoms with van der Waals surface area (Å²) >= 11 is 0. The van der Waals surface area contributed by atoms with Crippen LogP contribution in [0.4, 0.5) is 5.82 Å². The molecule has 1 aromatic carbocycles. The Bertz CT molecular complexity index is 612. The molecule has 2 aromatic rings. The van der Waals surface area contributed by atoms with Gasteiger partial charge in [-0.1, -0.05) is 12.1 Å². The van der Waals surface area contributed by atoms with E-state index in [-0.39, 0.29) is 18.8 Å².